The minimum Gasteiger partial charge on any atom is -0.435 e. The van der Waals surface area contributed by atoms with E-state index in [2.05, 4.69) is 33.2 Å². The summed E-state index contributed by atoms with van der Waals surface area (Å²) in [6, 6.07) is 1.68. The molecule has 1 unspecified atom stereocenters. The quantitative estimate of drug-likeness (QED) is 0.845. The second kappa shape index (κ2) is 8.32. The second-order valence-corrected chi connectivity index (χ2v) is 7.95. The molecule has 2 aliphatic heterocycles. The van der Waals surface area contributed by atoms with Crippen LogP contribution in [0.2, 0.25) is 0 Å². The number of hydrogen-bond donors (Lipinski definition) is 1. The number of hydrogen-bond acceptors (Lipinski definition) is 6. The second-order valence-electron chi connectivity index (χ2n) is 7.95. The number of aromatic nitrogens is 2. The highest BCUT2D eigenvalue weighted by atomic mass is 16.4. The molecule has 0 aromatic carbocycles. The lowest BCUT2D eigenvalue weighted by Crippen LogP contribution is -2.55. The summed E-state index contributed by atoms with van der Waals surface area (Å²) >= 11 is 0. The number of likely N-dealkylation sites (tertiary alicyclic amines) is 1. The number of piperazine rings is 1. The molecular weight excluding hydrogens is 370 g/mol. The van der Waals surface area contributed by atoms with Crippen molar-refractivity contribution in [2.24, 2.45) is 0 Å². The number of amides is 2. The Morgan fingerprint density at radius 1 is 1.24 bits per heavy atom. The fraction of sp³-hybridized carbons (Fsp3) is 0.524. The Morgan fingerprint density at radius 2 is 2.03 bits per heavy atom. The molecule has 0 spiro atoms. The van der Waals surface area contributed by atoms with Crippen molar-refractivity contribution in [3.05, 3.63) is 47.4 Å². The van der Waals surface area contributed by atoms with Crippen molar-refractivity contribution in [2.45, 2.75) is 45.2 Å². The number of oxazole rings is 1. The van der Waals surface area contributed by atoms with E-state index in [-0.39, 0.29) is 23.5 Å². The molecule has 0 bridgehead atoms. The number of nitrogens with zero attached hydrogens (tertiary/aromatic N) is 4. The molecule has 4 heterocycles. The maximum absolute atomic E-state index is 12.7. The van der Waals surface area contributed by atoms with Gasteiger partial charge in [-0.1, -0.05) is 6.07 Å². The molecule has 2 aromatic rings. The summed E-state index contributed by atoms with van der Waals surface area (Å²) in [7, 11) is 0. The van der Waals surface area contributed by atoms with Gasteiger partial charge in [0.05, 0.1) is 6.20 Å². The third-order valence-electron chi connectivity index (χ3n) is 5.77. The van der Waals surface area contributed by atoms with Gasteiger partial charge >= 0.3 is 0 Å². The number of nitrogens with one attached hydrogen (secondary N) is 1. The van der Waals surface area contributed by atoms with Crippen LogP contribution in [0.3, 0.4) is 0 Å². The van der Waals surface area contributed by atoms with Gasteiger partial charge in [0.2, 0.25) is 11.7 Å². The maximum atomic E-state index is 12.7. The topological polar surface area (TPSA) is 91.6 Å². The van der Waals surface area contributed by atoms with Gasteiger partial charge in [0.15, 0.2) is 5.89 Å². The van der Waals surface area contributed by atoms with Crippen LogP contribution in [0.15, 0.2) is 29.1 Å². The Hall–Kier alpha value is -2.74. The Kier molecular flexibility index (Phi) is 5.62. The predicted molar refractivity (Wildman–Crippen MR) is 106 cm³/mol. The summed E-state index contributed by atoms with van der Waals surface area (Å²) in [5, 5.41) is 2.76. The molecule has 1 N–H and O–H groups in total. The van der Waals surface area contributed by atoms with E-state index < -0.39 is 6.04 Å². The van der Waals surface area contributed by atoms with Gasteiger partial charge in [0, 0.05) is 37.9 Å². The van der Waals surface area contributed by atoms with Crippen LogP contribution in [0.4, 0.5) is 0 Å². The van der Waals surface area contributed by atoms with Crippen LogP contribution in [0.1, 0.15) is 53.3 Å². The highest BCUT2D eigenvalue weighted by Crippen LogP contribution is 2.29. The Balaban J connectivity index is 1.34. The first-order chi connectivity index (χ1) is 14.0. The smallest absolute Gasteiger partial charge is 0.292 e. The van der Waals surface area contributed by atoms with Gasteiger partial charge in [-0.25, -0.2) is 4.98 Å². The molecule has 154 valence electrons. The summed E-state index contributed by atoms with van der Waals surface area (Å²) in [6.45, 7) is 7.52. The molecule has 8 heteroatoms. The molecule has 2 saturated heterocycles. The number of piperidine rings is 1. The van der Waals surface area contributed by atoms with Gasteiger partial charge in [-0.05, 0) is 50.9 Å². The van der Waals surface area contributed by atoms with Crippen LogP contribution in [0.5, 0.6) is 0 Å². The average Bonchev–Trinajstić information content (AvgIpc) is 3.20. The van der Waals surface area contributed by atoms with Crippen molar-refractivity contribution in [2.75, 3.05) is 26.2 Å². The van der Waals surface area contributed by atoms with Crippen LogP contribution in [-0.2, 0) is 11.3 Å². The molecule has 0 aliphatic carbocycles. The van der Waals surface area contributed by atoms with Gasteiger partial charge < -0.3 is 14.6 Å². The lowest BCUT2D eigenvalue weighted by molar-refractivity contribution is -0.127. The highest BCUT2D eigenvalue weighted by molar-refractivity contribution is 5.95. The summed E-state index contributed by atoms with van der Waals surface area (Å²) in [4.78, 5) is 37.1. The zero-order valence-electron chi connectivity index (χ0n) is 16.9. The van der Waals surface area contributed by atoms with Crippen molar-refractivity contribution in [3.63, 3.8) is 0 Å². The van der Waals surface area contributed by atoms with Gasteiger partial charge in [-0.3, -0.25) is 19.5 Å². The fourth-order valence-corrected chi connectivity index (χ4v) is 4.08. The van der Waals surface area contributed by atoms with Crippen molar-refractivity contribution >= 4 is 11.8 Å². The van der Waals surface area contributed by atoms with Crippen LogP contribution in [-0.4, -0.2) is 63.8 Å². The zero-order valence-corrected chi connectivity index (χ0v) is 16.9. The molecule has 4 rings (SSSR count). The summed E-state index contributed by atoms with van der Waals surface area (Å²) in [5.74, 6) is 0.649. The minimum absolute atomic E-state index is 0.138. The lowest BCUT2D eigenvalue weighted by Gasteiger charge is -2.32. The lowest BCUT2D eigenvalue weighted by atomic mass is 9.96. The number of carbonyl (C=O) groups excluding carboxylic acids is 2. The number of carbonyl (C=O) groups is 2. The number of rotatable bonds is 4. The van der Waals surface area contributed by atoms with E-state index in [1.807, 2.05) is 12.4 Å². The normalized spacial score (nSPS) is 21.2. The van der Waals surface area contributed by atoms with E-state index in [1.54, 1.807) is 11.8 Å². The van der Waals surface area contributed by atoms with Crippen LogP contribution >= 0.6 is 0 Å². The standard InChI is InChI=1S/C21H27N5O3/c1-14-9-16(11-22-10-14)13-25-6-3-17(4-7-25)20-24-12-18(29-20)21(28)26-8-5-23-19(27)15(26)2/h9-12,15,17H,3-8,13H2,1-2H3,(H,23,27). The third kappa shape index (κ3) is 4.32. The summed E-state index contributed by atoms with van der Waals surface area (Å²) in [6.07, 6.45) is 7.18. The summed E-state index contributed by atoms with van der Waals surface area (Å²) in [5.41, 5.74) is 2.40. The number of aryl methyl sites for hydroxylation is 1. The van der Waals surface area contributed by atoms with Crippen LogP contribution in [0.25, 0.3) is 0 Å². The van der Waals surface area contributed by atoms with Gasteiger partial charge in [-0.2, -0.15) is 0 Å². The molecule has 0 radical (unpaired) electrons. The van der Waals surface area contributed by atoms with E-state index in [0.717, 1.165) is 32.5 Å². The molecule has 2 aliphatic rings. The van der Waals surface area contributed by atoms with E-state index in [0.29, 0.717) is 19.0 Å². The minimum atomic E-state index is -0.496. The van der Waals surface area contributed by atoms with E-state index >= 15 is 0 Å². The van der Waals surface area contributed by atoms with E-state index in [9.17, 15) is 9.59 Å². The molecular formula is C21H27N5O3. The van der Waals surface area contributed by atoms with Crippen molar-refractivity contribution in [1.29, 1.82) is 0 Å². The fourth-order valence-electron chi connectivity index (χ4n) is 4.08. The molecule has 2 fully saturated rings. The summed E-state index contributed by atoms with van der Waals surface area (Å²) < 4.78 is 5.83. The van der Waals surface area contributed by atoms with Crippen LogP contribution in [0, 0.1) is 6.92 Å². The Labute approximate surface area is 170 Å². The Bertz CT molecular complexity index is 888. The van der Waals surface area contributed by atoms with Gasteiger partial charge in [-0.15, -0.1) is 0 Å². The zero-order chi connectivity index (χ0) is 20.4. The average molecular weight is 397 g/mol. The van der Waals surface area contributed by atoms with Crippen molar-refractivity contribution < 1.29 is 14.0 Å². The first kappa shape index (κ1) is 19.6. The molecule has 8 nitrogen and oxygen atoms in total. The van der Waals surface area contributed by atoms with Gasteiger partial charge in [0.1, 0.15) is 6.04 Å². The molecule has 0 saturated carbocycles. The van der Waals surface area contributed by atoms with Crippen LogP contribution < -0.4 is 5.32 Å². The largest absolute Gasteiger partial charge is 0.435 e. The Morgan fingerprint density at radius 3 is 2.79 bits per heavy atom. The maximum Gasteiger partial charge on any atom is 0.292 e. The van der Waals surface area contributed by atoms with E-state index in [4.69, 9.17) is 4.42 Å². The SMILES string of the molecule is Cc1cncc(CN2CCC(c3ncc(C(=O)N4CCNC(=O)C4C)o3)CC2)c1. The number of pyridine rings is 1. The first-order valence-electron chi connectivity index (χ1n) is 10.2. The first-order valence-corrected chi connectivity index (χ1v) is 10.2. The highest BCUT2D eigenvalue weighted by Gasteiger charge is 2.32. The van der Waals surface area contributed by atoms with E-state index in [1.165, 1.54) is 17.3 Å². The third-order valence-corrected chi connectivity index (χ3v) is 5.77. The molecule has 2 amide bonds. The predicted octanol–water partition coefficient (Wildman–Crippen LogP) is 1.72. The van der Waals surface area contributed by atoms with Gasteiger partial charge in [0.25, 0.3) is 5.91 Å². The monoisotopic (exact) mass is 397 g/mol. The molecule has 2 aromatic heterocycles. The van der Waals surface area contributed by atoms with Crippen molar-refractivity contribution in [1.82, 2.24) is 25.1 Å². The molecule has 29 heavy (non-hydrogen) atoms. The van der Waals surface area contributed by atoms with Crippen molar-refractivity contribution in [3.8, 4) is 0 Å². The molecule has 1 atom stereocenters.